The van der Waals surface area contributed by atoms with E-state index in [0.717, 1.165) is 23.7 Å². The minimum absolute atomic E-state index is 0.549. The lowest BCUT2D eigenvalue weighted by Gasteiger charge is -2.15. The summed E-state index contributed by atoms with van der Waals surface area (Å²) in [5.74, 6) is 3.79. The van der Waals surface area contributed by atoms with E-state index >= 15 is 0 Å². The van der Waals surface area contributed by atoms with Gasteiger partial charge in [-0.15, -0.1) is 9.24 Å². The molecule has 2 aliphatic carbocycles. The van der Waals surface area contributed by atoms with Crippen LogP contribution in [0.2, 0.25) is 0 Å². The maximum absolute atomic E-state index is 4.21. The molecule has 0 amide bonds. The Hall–Kier alpha value is -0.350. The second kappa shape index (κ2) is 4.15. The Balaban J connectivity index is 2.21. The van der Waals surface area contributed by atoms with Gasteiger partial charge in [0.2, 0.25) is 0 Å². The maximum atomic E-state index is 4.21. The van der Waals surface area contributed by atoms with Crippen LogP contribution in [-0.2, 0) is 0 Å². The summed E-state index contributed by atoms with van der Waals surface area (Å²) in [7, 11) is 2.94. The van der Waals surface area contributed by atoms with Crippen molar-refractivity contribution >= 4 is 9.24 Å². The van der Waals surface area contributed by atoms with Crippen molar-refractivity contribution < 1.29 is 0 Å². The van der Waals surface area contributed by atoms with Crippen molar-refractivity contribution in [3.63, 3.8) is 0 Å². The zero-order valence-electron chi connectivity index (χ0n) is 10.8. The first kappa shape index (κ1) is 12.1. The molecule has 0 aromatic rings. The zero-order valence-corrected chi connectivity index (χ0v) is 12.0. The molecule has 0 radical (unpaired) electrons. The van der Waals surface area contributed by atoms with E-state index in [4.69, 9.17) is 0 Å². The molecule has 4 unspecified atom stereocenters. The van der Waals surface area contributed by atoms with E-state index in [0.29, 0.717) is 5.92 Å². The largest absolute Gasteiger partial charge is 0.110 e. The van der Waals surface area contributed by atoms with Crippen LogP contribution in [0, 0.1) is 29.6 Å². The zero-order chi connectivity index (χ0) is 12.0. The molecular formula is C15H23P. The van der Waals surface area contributed by atoms with Crippen molar-refractivity contribution in [3.05, 3.63) is 35.2 Å². The summed E-state index contributed by atoms with van der Waals surface area (Å²) in [6.07, 6.45) is 4.79. The average Bonchev–Trinajstić information content (AvgIpc) is 2.90. The van der Waals surface area contributed by atoms with Gasteiger partial charge in [0.05, 0.1) is 0 Å². The summed E-state index contributed by atoms with van der Waals surface area (Å²) in [4.78, 5) is 0. The quantitative estimate of drug-likeness (QED) is 0.634. The van der Waals surface area contributed by atoms with Crippen LogP contribution >= 0.6 is 9.24 Å². The Labute approximate surface area is 102 Å². The first-order valence-electron chi connectivity index (χ1n) is 6.31. The standard InChI is InChI=1S/C15H23P/c1-8(2)10(5)11-6-12-14(9(3)4)15(12)13(16)7-11/h6-9,12,14-15H,5,16H2,1-4H3. The number of hydrogen-bond donors (Lipinski definition) is 0. The maximum Gasteiger partial charge on any atom is -0.00596 e. The molecule has 2 rings (SSSR count). The van der Waals surface area contributed by atoms with E-state index in [1.807, 2.05) is 0 Å². The van der Waals surface area contributed by atoms with Gasteiger partial charge in [-0.25, -0.2) is 0 Å². The Kier molecular flexibility index (Phi) is 3.14. The van der Waals surface area contributed by atoms with Gasteiger partial charge >= 0.3 is 0 Å². The van der Waals surface area contributed by atoms with Gasteiger partial charge in [-0.1, -0.05) is 46.4 Å². The van der Waals surface area contributed by atoms with E-state index in [1.165, 1.54) is 16.5 Å². The van der Waals surface area contributed by atoms with Gasteiger partial charge in [0, 0.05) is 0 Å². The van der Waals surface area contributed by atoms with Crippen molar-refractivity contribution in [2.24, 2.45) is 29.6 Å². The molecule has 0 saturated heterocycles. The first-order valence-corrected chi connectivity index (χ1v) is 6.89. The van der Waals surface area contributed by atoms with Gasteiger partial charge in [0.15, 0.2) is 0 Å². The lowest BCUT2D eigenvalue weighted by molar-refractivity contribution is 0.528. The van der Waals surface area contributed by atoms with Crippen LogP contribution in [0.15, 0.2) is 35.2 Å². The fraction of sp³-hybridized carbons (Fsp3) is 0.600. The fourth-order valence-electron chi connectivity index (χ4n) is 2.94. The van der Waals surface area contributed by atoms with Crippen molar-refractivity contribution in [3.8, 4) is 0 Å². The Bertz CT molecular complexity index is 371. The average molecular weight is 234 g/mol. The van der Waals surface area contributed by atoms with E-state index in [9.17, 15) is 0 Å². The number of rotatable bonds is 3. The Morgan fingerprint density at radius 1 is 1.31 bits per heavy atom. The molecule has 0 bridgehead atoms. The van der Waals surface area contributed by atoms with Crippen molar-refractivity contribution in [1.82, 2.24) is 0 Å². The predicted octanol–water partition coefficient (Wildman–Crippen LogP) is 4.42. The van der Waals surface area contributed by atoms with Crippen LogP contribution in [0.3, 0.4) is 0 Å². The van der Waals surface area contributed by atoms with E-state index < -0.39 is 0 Å². The number of hydrogen-bond acceptors (Lipinski definition) is 0. The minimum atomic E-state index is 0.549. The molecule has 0 N–H and O–H groups in total. The third-order valence-electron chi connectivity index (χ3n) is 4.05. The number of allylic oxidation sites excluding steroid dienone is 5. The Morgan fingerprint density at radius 2 is 1.94 bits per heavy atom. The fourth-order valence-corrected chi connectivity index (χ4v) is 3.57. The van der Waals surface area contributed by atoms with Crippen molar-refractivity contribution in [2.45, 2.75) is 27.7 Å². The molecule has 2 aliphatic rings. The van der Waals surface area contributed by atoms with Crippen molar-refractivity contribution in [2.75, 3.05) is 0 Å². The van der Waals surface area contributed by atoms with E-state index in [1.54, 1.807) is 0 Å². The van der Waals surface area contributed by atoms with Crippen LogP contribution in [-0.4, -0.2) is 0 Å². The lowest BCUT2D eigenvalue weighted by Crippen LogP contribution is -1.99. The Morgan fingerprint density at radius 3 is 2.44 bits per heavy atom. The highest BCUT2D eigenvalue weighted by Crippen LogP contribution is 2.60. The summed E-state index contributed by atoms with van der Waals surface area (Å²) < 4.78 is 0. The van der Waals surface area contributed by atoms with Crippen LogP contribution < -0.4 is 0 Å². The molecular weight excluding hydrogens is 211 g/mol. The molecule has 4 atom stereocenters. The summed E-state index contributed by atoms with van der Waals surface area (Å²) in [6, 6.07) is 0. The van der Waals surface area contributed by atoms with Gasteiger partial charge in [-0.3, -0.25) is 0 Å². The van der Waals surface area contributed by atoms with Gasteiger partial charge in [0.25, 0.3) is 0 Å². The normalized spacial score (nSPS) is 32.3. The molecule has 0 aromatic heterocycles. The SMILES string of the molecule is C=C(C1=CC2C(C(P)=C1)C2C(C)C)C(C)C. The molecule has 0 heterocycles. The monoisotopic (exact) mass is 234 g/mol. The van der Waals surface area contributed by atoms with Gasteiger partial charge in [0.1, 0.15) is 0 Å². The predicted molar refractivity (Wildman–Crippen MR) is 75.2 cm³/mol. The first-order chi connectivity index (χ1) is 7.43. The second-order valence-electron chi connectivity index (χ2n) is 5.87. The van der Waals surface area contributed by atoms with Gasteiger partial charge < -0.3 is 0 Å². The molecule has 1 fully saturated rings. The van der Waals surface area contributed by atoms with Crippen LogP contribution in [0.4, 0.5) is 0 Å². The topological polar surface area (TPSA) is 0 Å². The smallest absolute Gasteiger partial charge is 0.00596 e. The van der Waals surface area contributed by atoms with Crippen molar-refractivity contribution in [1.29, 1.82) is 0 Å². The molecule has 16 heavy (non-hydrogen) atoms. The van der Waals surface area contributed by atoms with Crippen LogP contribution in [0.25, 0.3) is 0 Å². The lowest BCUT2D eigenvalue weighted by atomic mass is 9.93. The van der Waals surface area contributed by atoms with Crippen LogP contribution in [0.5, 0.6) is 0 Å². The summed E-state index contributed by atoms with van der Waals surface area (Å²) >= 11 is 0. The molecule has 0 nitrogen and oxygen atoms in total. The van der Waals surface area contributed by atoms with Gasteiger partial charge in [-0.2, -0.15) is 0 Å². The summed E-state index contributed by atoms with van der Waals surface area (Å²) in [5.41, 5.74) is 2.66. The van der Waals surface area contributed by atoms with Gasteiger partial charge in [-0.05, 0) is 46.0 Å². The third kappa shape index (κ3) is 1.93. The van der Waals surface area contributed by atoms with Crippen LogP contribution in [0.1, 0.15) is 27.7 Å². The highest BCUT2D eigenvalue weighted by atomic mass is 31.0. The highest BCUT2D eigenvalue weighted by Gasteiger charge is 2.52. The third-order valence-corrected chi connectivity index (χ3v) is 4.60. The van der Waals surface area contributed by atoms with E-state index in [2.05, 4.69) is 55.7 Å². The molecule has 0 spiro atoms. The highest BCUT2D eigenvalue weighted by molar-refractivity contribution is 7.22. The molecule has 88 valence electrons. The molecule has 0 aromatic carbocycles. The second-order valence-corrected chi connectivity index (χ2v) is 6.54. The van der Waals surface area contributed by atoms with E-state index in [-0.39, 0.29) is 0 Å². The minimum Gasteiger partial charge on any atom is -0.110 e. The molecule has 1 heteroatoms. The summed E-state index contributed by atoms with van der Waals surface area (Å²) in [6.45, 7) is 13.3. The molecule has 1 saturated carbocycles. The molecule has 0 aliphatic heterocycles. The number of fused-ring (bicyclic) bond motifs is 1. The summed E-state index contributed by atoms with van der Waals surface area (Å²) in [5, 5.41) is 1.49.